The van der Waals surface area contributed by atoms with E-state index in [0.717, 1.165) is 0 Å². The summed E-state index contributed by atoms with van der Waals surface area (Å²) in [6, 6.07) is 2.67. The fourth-order valence-electron chi connectivity index (χ4n) is 6.94. The summed E-state index contributed by atoms with van der Waals surface area (Å²) >= 11 is 0. The molecule has 4 aliphatic rings. The summed E-state index contributed by atoms with van der Waals surface area (Å²) in [6.07, 6.45) is -1.23. The molecule has 2 aliphatic heterocycles. The maximum atomic E-state index is 14.2. The Morgan fingerprint density at radius 3 is 2.32 bits per heavy atom. The summed E-state index contributed by atoms with van der Waals surface area (Å²) in [5.74, 6) is -5.50. The second-order valence-corrected chi connectivity index (χ2v) is 9.95. The lowest BCUT2D eigenvalue weighted by Gasteiger charge is -2.44. The van der Waals surface area contributed by atoms with Gasteiger partial charge in [-0.15, -0.1) is 0 Å². The molecule has 1 spiro atoms. The number of ketones is 1. The number of aromatic hydroxyl groups is 3. The molecule has 3 N–H and O–H groups in total. The van der Waals surface area contributed by atoms with E-state index in [1.54, 1.807) is 13.8 Å². The molecular formula is C27H18O10. The summed E-state index contributed by atoms with van der Waals surface area (Å²) < 4.78 is 16.7. The Morgan fingerprint density at radius 1 is 0.946 bits per heavy atom. The van der Waals surface area contributed by atoms with Gasteiger partial charge in [-0.1, -0.05) is 0 Å². The number of phenolic OH excluding ortho intramolecular Hbond substituents is 3. The zero-order chi connectivity index (χ0) is 26.3. The van der Waals surface area contributed by atoms with E-state index in [2.05, 4.69) is 0 Å². The van der Waals surface area contributed by atoms with Crippen LogP contribution in [0.5, 0.6) is 23.0 Å². The molecule has 10 nitrogen and oxygen atoms in total. The molecule has 10 heteroatoms. The van der Waals surface area contributed by atoms with Crippen molar-refractivity contribution in [1.29, 1.82) is 0 Å². The monoisotopic (exact) mass is 502 g/mol. The minimum absolute atomic E-state index is 0.107. The molecule has 0 fully saturated rings. The van der Waals surface area contributed by atoms with Crippen molar-refractivity contribution in [3.05, 3.63) is 56.6 Å². The van der Waals surface area contributed by atoms with Gasteiger partial charge in [0.25, 0.3) is 0 Å². The first kappa shape index (κ1) is 21.7. The number of rotatable bonds is 1. The molecule has 2 heterocycles. The van der Waals surface area contributed by atoms with Gasteiger partial charge in [-0.3, -0.25) is 9.59 Å². The topological polar surface area (TPSA) is 157 Å². The average Bonchev–Trinajstić information content (AvgIpc) is 3.25. The van der Waals surface area contributed by atoms with E-state index in [4.69, 9.17) is 14.2 Å². The largest absolute Gasteiger partial charge is 0.507 e. The maximum Gasteiger partial charge on any atom is 0.348 e. The second-order valence-electron chi connectivity index (χ2n) is 9.95. The van der Waals surface area contributed by atoms with Crippen LogP contribution in [0.1, 0.15) is 71.7 Å². The molecule has 1 unspecified atom stereocenters. The van der Waals surface area contributed by atoms with Gasteiger partial charge in [-0.05, 0) is 53.6 Å². The van der Waals surface area contributed by atoms with Gasteiger partial charge in [0.2, 0.25) is 0 Å². The standard InChI is InChI=1S/C27H18O10/c1-7-4-10(29)14-17-12(7)16-18-21(31)13-8(2)5-11(30)15-19(13)27(6-35-25(15)33,24(18)36-9(3)28)20(16)22(32)23(17)37-26(14)34/h4-5,18,24,29-30,32H,6H2,1-3H3/t18-,24+,27?/m0/s1. The lowest BCUT2D eigenvalue weighted by atomic mass is 9.63. The molecule has 0 saturated carbocycles. The molecule has 0 aromatic heterocycles. The van der Waals surface area contributed by atoms with E-state index in [0.29, 0.717) is 22.1 Å². The number of carbonyl (C=O) groups is 4. The van der Waals surface area contributed by atoms with Crippen LogP contribution < -0.4 is 4.74 Å². The van der Waals surface area contributed by atoms with Crippen molar-refractivity contribution in [2.45, 2.75) is 38.2 Å². The van der Waals surface area contributed by atoms with Gasteiger partial charge < -0.3 is 29.5 Å². The molecule has 0 amide bonds. The highest BCUT2D eigenvalue weighted by atomic mass is 16.6. The smallest absolute Gasteiger partial charge is 0.348 e. The summed E-state index contributed by atoms with van der Waals surface area (Å²) in [6.45, 7) is 4.07. The van der Waals surface area contributed by atoms with E-state index < -0.39 is 59.2 Å². The molecule has 3 aromatic carbocycles. The third kappa shape index (κ3) is 2.19. The SMILES string of the molecule is CC(=O)O[C@@H]1[C@@H]2C(=O)c3c(C)cc(O)c4c3C1(COC4=O)c1c(O)c3c4c(c(O)cc(C)c4c12)C(=O)O3. The van der Waals surface area contributed by atoms with Crippen LogP contribution in [0.15, 0.2) is 12.1 Å². The van der Waals surface area contributed by atoms with E-state index in [9.17, 15) is 34.5 Å². The number of esters is 3. The zero-order valence-electron chi connectivity index (χ0n) is 19.7. The molecule has 2 aliphatic carbocycles. The minimum Gasteiger partial charge on any atom is -0.507 e. The molecular weight excluding hydrogens is 484 g/mol. The Balaban J connectivity index is 1.75. The minimum atomic E-state index is -1.57. The van der Waals surface area contributed by atoms with Crippen LogP contribution in [0, 0.1) is 13.8 Å². The summed E-state index contributed by atoms with van der Waals surface area (Å²) in [5, 5.41) is 33.5. The number of carbonyl (C=O) groups excluding carboxylic acids is 4. The molecule has 2 bridgehead atoms. The van der Waals surface area contributed by atoms with E-state index in [-0.39, 0.29) is 44.7 Å². The van der Waals surface area contributed by atoms with Crippen molar-refractivity contribution in [3.63, 3.8) is 0 Å². The normalized spacial score (nSPS) is 24.0. The van der Waals surface area contributed by atoms with Gasteiger partial charge in [0.05, 0.1) is 11.3 Å². The lowest BCUT2D eigenvalue weighted by molar-refractivity contribution is -0.150. The fraction of sp³-hybridized carbons (Fsp3) is 0.259. The number of hydrogen-bond donors (Lipinski definition) is 3. The van der Waals surface area contributed by atoms with Crippen LogP contribution in [0.4, 0.5) is 0 Å². The van der Waals surface area contributed by atoms with Gasteiger partial charge in [0, 0.05) is 23.4 Å². The van der Waals surface area contributed by atoms with E-state index in [1.165, 1.54) is 19.1 Å². The van der Waals surface area contributed by atoms with Gasteiger partial charge in [-0.25, -0.2) is 9.59 Å². The van der Waals surface area contributed by atoms with Crippen LogP contribution in [0.25, 0.3) is 10.8 Å². The molecule has 37 heavy (non-hydrogen) atoms. The molecule has 186 valence electrons. The Hall–Kier alpha value is -4.60. The Morgan fingerprint density at radius 2 is 1.62 bits per heavy atom. The summed E-state index contributed by atoms with van der Waals surface area (Å²) in [4.78, 5) is 52.1. The first-order valence-corrected chi connectivity index (χ1v) is 11.5. The number of cyclic esters (lactones) is 1. The predicted octanol–water partition coefficient (Wildman–Crippen LogP) is 2.79. The fourth-order valence-corrected chi connectivity index (χ4v) is 6.94. The number of hydrogen-bond acceptors (Lipinski definition) is 10. The Labute approximate surface area is 208 Å². The third-order valence-corrected chi connectivity index (χ3v) is 8.07. The van der Waals surface area contributed by atoms with Crippen LogP contribution in [-0.2, 0) is 19.7 Å². The van der Waals surface area contributed by atoms with Crippen LogP contribution in [-0.4, -0.2) is 51.7 Å². The number of Topliss-reactive ketones (excluding diaryl/α,β-unsaturated/α-hetero) is 1. The number of ether oxygens (including phenoxy) is 3. The van der Waals surface area contributed by atoms with E-state index >= 15 is 0 Å². The average molecular weight is 502 g/mol. The van der Waals surface area contributed by atoms with Crippen LogP contribution >= 0.6 is 0 Å². The second kappa shape index (κ2) is 6.39. The highest BCUT2D eigenvalue weighted by molar-refractivity contribution is 6.21. The number of aryl methyl sites for hydroxylation is 2. The molecule has 7 rings (SSSR count). The van der Waals surface area contributed by atoms with Crippen molar-refractivity contribution in [3.8, 4) is 23.0 Å². The Bertz CT molecular complexity index is 1730. The molecule has 0 radical (unpaired) electrons. The highest BCUT2D eigenvalue weighted by Crippen LogP contribution is 2.66. The third-order valence-electron chi connectivity index (χ3n) is 8.07. The zero-order valence-corrected chi connectivity index (χ0v) is 19.7. The van der Waals surface area contributed by atoms with Gasteiger partial charge in [0.15, 0.2) is 17.3 Å². The van der Waals surface area contributed by atoms with Crippen molar-refractivity contribution in [2.75, 3.05) is 6.61 Å². The first-order valence-electron chi connectivity index (χ1n) is 11.5. The Kier molecular flexibility index (Phi) is 3.74. The van der Waals surface area contributed by atoms with Gasteiger partial charge in [0.1, 0.15) is 35.3 Å². The van der Waals surface area contributed by atoms with Gasteiger partial charge >= 0.3 is 17.9 Å². The van der Waals surface area contributed by atoms with Crippen molar-refractivity contribution in [1.82, 2.24) is 0 Å². The molecule has 3 atom stereocenters. The highest BCUT2D eigenvalue weighted by Gasteiger charge is 2.68. The maximum absolute atomic E-state index is 14.2. The predicted molar refractivity (Wildman–Crippen MR) is 124 cm³/mol. The van der Waals surface area contributed by atoms with Crippen molar-refractivity contribution < 1.29 is 48.7 Å². The van der Waals surface area contributed by atoms with Crippen LogP contribution in [0.3, 0.4) is 0 Å². The number of phenols is 3. The van der Waals surface area contributed by atoms with Crippen LogP contribution in [0.2, 0.25) is 0 Å². The summed E-state index contributed by atoms with van der Waals surface area (Å²) in [7, 11) is 0. The molecule has 3 aromatic rings. The summed E-state index contributed by atoms with van der Waals surface area (Å²) in [5.41, 5.74) is -0.389. The van der Waals surface area contributed by atoms with Gasteiger partial charge in [-0.2, -0.15) is 0 Å². The number of benzene rings is 3. The quantitative estimate of drug-likeness (QED) is 0.334. The van der Waals surface area contributed by atoms with Crippen molar-refractivity contribution >= 4 is 34.5 Å². The van der Waals surface area contributed by atoms with Crippen molar-refractivity contribution in [2.24, 2.45) is 0 Å². The molecule has 0 saturated heterocycles. The van der Waals surface area contributed by atoms with E-state index in [1.807, 2.05) is 0 Å². The first-order chi connectivity index (χ1) is 17.5. The number of fused-ring (bicyclic) bond motifs is 4. The lowest BCUT2D eigenvalue weighted by Crippen LogP contribution is -2.54.